The molecule has 1 aliphatic heterocycles. The first-order chi connectivity index (χ1) is 16.7. The molecule has 0 unspecified atom stereocenters. The predicted octanol–water partition coefficient (Wildman–Crippen LogP) is 5.19. The number of Topliss-reactive ketones (excluding diaryl/α,β-unsaturated/α-hetero) is 1. The Morgan fingerprint density at radius 1 is 1.00 bits per heavy atom. The van der Waals surface area contributed by atoms with Crippen LogP contribution in [0.3, 0.4) is 0 Å². The zero-order chi connectivity index (χ0) is 25.2. The van der Waals surface area contributed by atoms with E-state index < -0.39 is 6.61 Å². The van der Waals surface area contributed by atoms with Crippen molar-refractivity contribution in [2.24, 2.45) is 5.41 Å². The minimum absolute atomic E-state index is 0.122. The second kappa shape index (κ2) is 10.5. The number of allylic oxidation sites excluding steroid dienone is 2. The Kier molecular flexibility index (Phi) is 7.58. The van der Waals surface area contributed by atoms with Crippen LogP contribution < -0.4 is 0 Å². The molecule has 35 heavy (non-hydrogen) atoms. The number of carbonyl (C=O) groups is 2. The van der Waals surface area contributed by atoms with E-state index in [2.05, 4.69) is 44.7 Å². The normalized spacial score (nSPS) is 22.5. The van der Waals surface area contributed by atoms with Gasteiger partial charge in [0, 0.05) is 42.8 Å². The summed E-state index contributed by atoms with van der Waals surface area (Å²) in [4.78, 5) is 29.8. The third-order valence-corrected chi connectivity index (χ3v) is 7.65. The van der Waals surface area contributed by atoms with Gasteiger partial charge in [0.1, 0.15) is 6.61 Å². The van der Waals surface area contributed by atoms with Crippen LogP contribution in [0.4, 0.5) is 0 Å². The molecule has 0 aromatic heterocycles. The van der Waals surface area contributed by atoms with Gasteiger partial charge in [0.2, 0.25) is 0 Å². The van der Waals surface area contributed by atoms with E-state index in [9.17, 15) is 9.59 Å². The van der Waals surface area contributed by atoms with Crippen molar-refractivity contribution in [3.8, 4) is 0 Å². The summed E-state index contributed by atoms with van der Waals surface area (Å²) in [6, 6.07) is 16.0. The van der Waals surface area contributed by atoms with Gasteiger partial charge in [-0.1, -0.05) is 62.4 Å². The molecular weight excluding hydrogens is 436 g/mol. The number of piperazine rings is 1. The summed E-state index contributed by atoms with van der Waals surface area (Å²) in [7, 11) is 0. The summed E-state index contributed by atoms with van der Waals surface area (Å²) < 4.78 is 0. The number of rotatable bonds is 6. The molecule has 0 saturated carbocycles. The fourth-order valence-corrected chi connectivity index (χ4v) is 5.37. The lowest BCUT2D eigenvalue weighted by Gasteiger charge is -2.44. The molecule has 2 aromatic rings. The molecule has 1 saturated heterocycles. The van der Waals surface area contributed by atoms with Crippen molar-refractivity contribution < 1.29 is 14.7 Å². The van der Waals surface area contributed by atoms with Crippen molar-refractivity contribution in [1.29, 1.82) is 0 Å². The minimum atomic E-state index is -0.470. The highest BCUT2D eigenvalue weighted by Gasteiger charge is 2.33. The Morgan fingerprint density at radius 3 is 2.26 bits per heavy atom. The second-order valence-electron chi connectivity index (χ2n) is 11.0. The lowest BCUT2D eigenvalue weighted by atomic mass is 9.76. The highest BCUT2D eigenvalue weighted by Crippen LogP contribution is 2.39. The molecule has 1 aliphatic carbocycles. The number of ketones is 1. The number of aliphatic hydroxyl groups excluding tert-OH is 1. The lowest BCUT2D eigenvalue weighted by Crippen LogP contribution is -2.57. The summed E-state index contributed by atoms with van der Waals surface area (Å²) >= 11 is 0. The third kappa shape index (κ3) is 5.74. The van der Waals surface area contributed by atoms with Crippen molar-refractivity contribution in [1.82, 2.24) is 9.80 Å². The summed E-state index contributed by atoms with van der Waals surface area (Å²) in [5.41, 5.74) is 5.19. The number of nitrogens with zero attached hydrogens (tertiary/aromatic N) is 2. The molecule has 1 fully saturated rings. The van der Waals surface area contributed by atoms with E-state index in [-0.39, 0.29) is 23.8 Å². The number of benzene rings is 2. The van der Waals surface area contributed by atoms with Crippen LogP contribution in [-0.2, 0) is 6.54 Å². The van der Waals surface area contributed by atoms with Crippen LogP contribution >= 0.6 is 0 Å². The van der Waals surface area contributed by atoms with E-state index in [1.807, 2.05) is 35.2 Å². The molecule has 0 bridgehead atoms. The average molecular weight is 475 g/mol. The number of carbonyl (C=O) groups excluding carboxylic acids is 2. The van der Waals surface area contributed by atoms with E-state index in [1.165, 1.54) is 5.57 Å². The van der Waals surface area contributed by atoms with Crippen molar-refractivity contribution in [2.45, 2.75) is 65.6 Å². The molecular formula is C30H38N2O3. The highest BCUT2D eigenvalue weighted by atomic mass is 16.3. The fraction of sp³-hybridized carbons (Fsp3) is 0.467. The fourth-order valence-electron chi connectivity index (χ4n) is 5.37. The van der Waals surface area contributed by atoms with E-state index >= 15 is 0 Å². The number of hydrogen-bond acceptors (Lipinski definition) is 4. The Labute approximate surface area is 209 Å². The Bertz CT molecular complexity index is 1090. The zero-order valence-corrected chi connectivity index (χ0v) is 21.5. The molecule has 4 rings (SSSR count). The molecule has 5 heteroatoms. The van der Waals surface area contributed by atoms with E-state index in [0.717, 1.165) is 42.5 Å². The molecule has 1 heterocycles. The summed E-state index contributed by atoms with van der Waals surface area (Å²) in [6.45, 7) is 10.6. The molecule has 1 N–H and O–H groups in total. The Morgan fingerprint density at radius 2 is 1.66 bits per heavy atom. The van der Waals surface area contributed by atoms with Gasteiger partial charge in [0.05, 0.1) is 0 Å². The molecule has 186 valence electrons. The topological polar surface area (TPSA) is 60.9 Å². The van der Waals surface area contributed by atoms with Crippen molar-refractivity contribution >= 4 is 17.3 Å². The molecule has 5 nitrogen and oxygen atoms in total. The predicted molar refractivity (Wildman–Crippen MR) is 140 cm³/mol. The number of aliphatic hydroxyl groups is 1. The summed E-state index contributed by atoms with van der Waals surface area (Å²) in [5.74, 6) is -0.144. The molecule has 0 radical (unpaired) electrons. The van der Waals surface area contributed by atoms with Gasteiger partial charge >= 0.3 is 0 Å². The first-order valence-electron chi connectivity index (χ1n) is 12.7. The maximum Gasteiger partial charge on any atom is 0.254 e. The van der Waals surface area contributed by atoms with Gasteiger partial charge < -0.3 is 10.0 Å². The maximum absolute atomic E-state index is 13.7. The molecule has 1 amide bonds. The SMILES string of the molecule is C[C@@H]1CN(C(=O)c2ccccc2C2=CCC(C)(C)CC2)C[C@H](C)N1Cc1ccc(C(=O)CO)cc1. The largest absolute Gasteiger partial charge is 0.388 e. The molecule has 2 aromatic carbocycles. The number of amides is 1. The van der Waals surface area contributed by atoms with E-state index in [4.69, 9.17) is 5.11 Å². The smallest absolute Gasteiger partial charge is 0.254 e. The van der Waals surface area contributed by atoms with Crippen LogP contribution in [-0.4, -0.2) is 58.4 Å². The monoisotopic (exact) mass is 474 g/mol. The van der Waals surface area contributed by atoms with E-state index in [0.29, 0.717) is 24.1 Å². The van der Waals surface area contributed by atoms with Crippen molar-refractivity contribution in [2.75, 3.05) is 19.7 Å². The molecule has 2 atom stereocenters. The van der Waals surface area contributed by atoms with Gasteiger partial charge in [-0.2, -0.15) is 0 Å². The van der Waals surface area contributed by atoms with Crippen LogP contribution in [0.5, 0.6) is 0 Å². The highest BCUT2D eigenvalue weighted by molar-refractivity contribution is 5.99. The van der Waals surface area contributed by atoms with Crippen LogP contribution in [0, 0.1) is 5.41 Å². The van der Waals surface area contributed by atoms with Gasteiger partial charge in [-0.15, -0.1) is 0 Å². The first kappa shape index (κ1) is 25.3. The van der Waals surface area contributed by atoms with Gasteiger partial charge in [-0.05, 0) is 61.3 Å². The van der Waals surface area contributed by atoms with Gasteiger partial charge in [-0.25, -0.2) is 0 Å². The van der Waals surface area contributed by atoms with Crippen molar-refractivity contribution in [3.63, 3.8) is 0 Å². The maximum atomic E-state index is 13.7. The first-order valence-corrected chi connectivity index (χ1v) is 12.7. The van der Waals surface area contributed by atoms with E-state index in [1.54, 1.807) is 12.1 Å². The van der Waals surface area contributed by atoms with Gasteiger partial charge in [0.25, 0.3) is 5.91 Å². The molecule has 0 spiro atoms. The summed E-state index contributed by atoms with van der Waals surface area (Å²) in [5, 5.41) is 9.06. The van der Waals surface area contributed by atoms with Crippen LogP contribution in [0.1, 0.15) is 78.8 Å². The summed E-state index contributed by atoms with van der Waals surface area (Å²) in [6.07, 6.45) is 5.54. The Hall–Kier alpha value is -2.76. The Balaban J connectivity index is 1.46. The lowest BCUT2D eigenvalue weighted by molar-refractivity contribution is 0.0269. The molecule has 2 aliphatic rings. The standard InChI is InChI=1S/C30H38N2O3/c1-21-17-31(18-22(2)32(21)19-23-9-11-25(12-10-23)28(34)20-33)29(35)27-8-6-5-7-26(27)24-13-15-30(3,4)16-14-24/h5-13,21-22,33H,14-20H2,1-4H3/t21-,22+. The third-order valence-electron chi connectivity index (χ3n) is 7.65. The second-order valence-corrected chi connectivity index (χ2v) is 11.0. The number of hydrogen-bond donors (Lipinski definition) is 1. The minimum Gasteiger partial charge on any atom is -0.388 e. The van der Waals surface area contributed by atoms with Crippen molar-refractivity contribution in [3.05, 3.63) is 76.9 Å². The van der Waals surface area contributed by atoms with Crippen LogP contribution in [0.2, 0.25) is 0 Å². The van der Waals surface area contributed by atoms with Gasteiger partial charge in [-0.3, -0.25) is 14.5 Å². The van der Waals surface area contributed by atoms with Crippen LogP contribution in [0.25, 0.3) is 5.57 Å². The van der Waals surface area contributed by atoms with Gasteiger partial charge in [0.15, 0.2) is 5.78 Å². The quantitative estimate of drug-likeness (QED) is 0.586. The average Bonchev–Trinajstić information content (AvgIpc) is 2.85. The van der Waals surface area contributed by atoms with Crippen LogP contribution in [0.15, 0.2) is 54.6 Å². The zero-order valence-electron chi connectivity index (χ0n) is 21.5.